The normalized spacial score (nSPS) is 18.7. The molecule has 0 amide bonds. The third-order valence-electron chi connectivity index (χ3n) is 5.93. The minimum atomic E-state index is -0.390. The summed E-state index contributed by atoms with van der Waals surface area (Å²) < 4.78 is 0. The molecule has 0 spiro atoms. The van der Waals surface area contributed by atoms with E-state index in [1.807, 2.05) is 0 Å². The Bertz CT molecular complexity index is 438. The summed E-state index contributed by atoms with van der Waals surface area (Å²) in [6.45, 7) is 14.9. The molecule has 0 aromatic heterocycles. The molecular formula is C21H43N3O3. The maximum Gasteiger partial charge on any atom is 0.111 e. The van der Waals surface area contributed by atoms with Crippen LogP contribution in [0.4, 0.5) is 0 Å². The van der Waals surface area contributed by atoms with Crippen LogP contribution in [-0.4, -0.2) is 28.5 Å². The van der Waals surface area contributed by atoms with E-state index in [1.165, 1.54) is 0 Å². The molecule has 6 heteroatoms. The summed E-state index contributed by atoms with van der Waals surface area (Å²) in [5.41, 5.74) is 8.67. The van der Waals surface area contributed by atoms with E-state index in [0.717, 1.165) is 32.1 Å². The molecule has 0 fully saturated rings. The minimum absolute atomic E-state index is 0.120. The molecule has 0 aliphatic carbocycles. The van der Waals surface area contributed by atoms with E-state index in [-0.39, 0.29) is 29.5 Å². The molecule has 0 aliphatic heterocycles. The van der Waals surface area contributed by atoms with Crippen LogP contribution in [0.3, 0.4) is 0 Å². The van der Waals surface area contributed by atoms with Gasteiger partial charge in [0.05, 0.1) is 12.2 Å². The Morgan fingerprint density at radius 2 is 1.56 bits per heavy atom. The minimum Gasteiger partial charge on any atom is -0.430 e. The largest absolute Gasteiger partial charge is 0.430 e. The lowest BCUT2D eigenvalue weighted by Crippen LogP contribution is -2.26. The van der Waals surface area contributed by atoms with E-state index in [1.54, 1.807) is 0 Å². The van der Waals surface area contributed by atoms with Crippen molar-refractivity contribution in [3.8, 4) is 0 Å². The fourth-order valence-electron chi connectivity index (χ4n) is 3.60. The molecule has 2 N–H and O–H groups in total. The van der Waals surface area contributed by atoms with Crippen LogP contribution in [0.1, 0.15) is 93.4 Å². The van der Waals surface area contributed by atoms with Crippen LogP contribution in [0.2, 0.25) is 0 Å². The number of rotatable bonds is 15. The van der Waals surface area contributed by atoms with Gasteiger partial charge in [0.25, 0.3) is 0 Å². The van der Waals surface area contributed by atoms with Crippen LogP contribution in [0.15, 0.2) is 5.28 Å². The Balaban J connectivity index is 4.52. The van der Waals surface area contributed by atoms with E-state index in [9.17, 15) is 10.2 Å². The molecule has 0 radical (unpaired) electrons. The molecule has 0 aromatic carbocycles. The molecule has 0 aliphatic rings. The van der Waals surface area contributed by atoms with Gasteiger partial charge in [0.15, 0.2) is 0 Å². The number of hydrogen-bond acceptors (Lipinski definition) is 4. The number of nitrogens with zero attached hydrogens (tertiary/aromatic N) is 3. The van der Waals surface area contributed by atoms with Gasteiger partial charge in [0.1, 0.15) is 11.4 Å². The average Bonchev–Trinajstić information content (AvgIpc) is 2.57. The highest BCUT2D eigenvalue weighted by atomic mass is 16.6. The number of azide groups is 1. The summed E-state index contributed by atoms with van der Waals surface area (Å²) >= 11 is 0. The van der Waals surface area contributed by atoms with E-state index in [4.69, 9.17) is 10.4 Å². The van der Waals surface area contributed by atoms with Crippen molar-refractivity contribution in [3.05, 3.63) is 10.4 Å². The van der Waals surface area contributed by atoms with Gasteiger partial charge in [0, 0.05) is 4.91 Å². The van der Waals surface area contributed by atoms with Gasteiger partial charge in [-0.3, -0.25) is 0 Å². The summed E-state index contributed by atoms with van der Waals surface area (Å²) in [7, 11) is 0. The van der Waals surface area contributed by atoms with Gasteiger partial charge in [-0.2, -0.15) is 0 Å². The van der Waals surface area contributed by atoms with Gasteiger partial charge < -0.3 is 15.1 Å². The fourth-order valence-corrected chi connectivity index (χ4v) is 3.60. The van der Waals surface area contributed by atoms with Crippen LogP contribution >= 0.6 is 0 Å². The molecule has 0 aromatic rings. The van der Waals surface area contributed by atoms with Crippen LogP contribution in [0, 0.1) is 23.2 Å². The molecule has 0 heterocycles. The molecule has 0 bridgehead atoms. The molecule has 6 atom stereocenters. The quantitative estimate of drug-likeness (QED) is 0.156. The average molecular weight is 386 g/mol. The van der Waals surface area contributed by atoms with Gasteiger partial charge in [-0.15, -0.1) is 0 Å². The van der Waals surface area contributed by atoms with E-state index < -0.39 is 6.10 Å². The summed E-state index contributed by atoms with van der Waals surface area (Å²) in [6.07, 6.45) is 4.85. The highest BCUT2D eigenvalue weighted by molar-refractivity contribution is 4.76. The van der Waals surface area contributed by atoms with E-state index in [0.29, 0.717) is 18.8 Å². The van der Waals surface area contributed by atoms with Crippen LogP contribution < -0.4 is 0 Å². The van der Waals surface area contributed by atoms with Crippen molar-refractivity contribution in [2.45, 2.75) is 112 Å². The van der Waals surface area contributed by atoms with Crippen molar-refractivity contribution in [2.75, 3.05) is 0 Å². The number of aliphatic hydroxyl groups excluding tert-OH is 2. The Kier molecular flexibility index (Phi) is 12.8. The number of hydrogen-bond donors (Lipinski definition) is 2. The van der Waals surface area contributed by atoms with E-state index >= 15 is 0 Å². The lowest BCUT2D eigenvalue weighted by Gasteiger charge is -2.29. The van der Waals surface area contributed by atoms with Crippen molar-refractivity contribution in [2.24, 2.45) is 28.4 Å². The second kappa shape index (κ2) is 13.2. The highest BCUT2D eigenvalue weighted by Crippen LogP contribution is 2.31. The molecule has 27 heavy (non-hydrogen) atoms. The topological polar surface area (TPSA) is 98.5 Å². The van der Waals surface area contributed by atoms with Gasteiger partial charge in [-0.1, -0.05) is 61.3 Å². The lowest BCUT2D eigenvalue weighted by atomic mass is 9.81. The molecule has 0 saturated heterocycles. The predicted molar refractivity (Wildman–Crippen MR) is 111 cm³/mol. The maximum atomic E-state index is 10.5. The predicted octanol–water partition coefficient (Wildman–Crippen LogP) is 6.02. The third-order valence-corrected chi connectivity index (χ3v) is 5.93. The van der Waals surface area contributed by atoms with Gasteiger partial charge >= 0.3 is 0 Å². The lowest BCUT2D eigenvalue weighted by molar-refractivity contribution is 0.00152. The zero-order valence-corrected chi connectivity index (χ0v) is 18.6. The van der Waals surface area contributed by atoms with Crippen LogP contribution in [0.25, 0.3) is 10.4 Å². The molecule has 160 valence electrons. The first kappa shape index (κ1) is 26.0. The van der Waals surface area contributed by atoms with Gasteiger partial charge in [-0.25, -0.2) is 0 Å². The second-order valence-corrected chi connectivity index (χ2v) is 9.38. The molecule has 0 saturated carbocycles. The first-order valence-electron chi connectivity index (χ1n) is 10.6. The molecule has 0 rings (SSSR count). The monoisotopic (exact) mass is 385 g/mol. The Morgan fingerprint density at radius 1 is 1.00 bits per heavy atom. The fraction of sp³-hybridized carbons (Fsp3) is 1.00. The van der Waals surface area contributed by atoms with E-state index in [2.05, 4.69) is 58.7 Å². The summed E-state index contributed by atoms with van der Waals surface area (Å²) in [5.74, 6) is 0.840. The summed E-state index contributed by atoms with van der Waals surface area (Å²) in [5, 5.41) is 24.0. The first-order valence-corrected chi connectivity index (χ1v) is 10.6. The third kappa shape index (κ3) is 12.2. The van der Waals surface area contributed by atoms with Crippen molar-refractivity contribution in [3.63, 3.8) is 0 Å². The second-order valence-electron chi connectivity index (χ2n) is 9.38. The zero-order chi connectivity index (χ0) is 21.0. The zero-order valence-electron chi connectivity index (χ0n) is 18.6. The van der Waals surface area contributed by atoms with Crippen LogP contribution in [-0.2, 0) is 4.84 Å². The first-order chi connectivity index (χ1) is 12.5. The summed E-state index contributed by atoms with van der Waals surface area (Å²) in [4.78, 5) is 8.06. The van der Waals surface area contributed by atoms with Crippen molar-refractivity contribution in [1.29, 1.82) is 0 Å². The Labute approximate surface area is 166 Å². The summed E-state index contributed by atoms with van der Waals surface area (Å²) in [6, 6.07) is 0. The van der Waals surface area contributed by atoms with Crippen molar-refractivity contribution < 1.29 is 15.1 Å². The Hall–Kier alpha value is -0.970. The smallest absolute Gasteiger partial charge is 0.111 e. The van der Waals surface area contributed by atoms with Gasteiger partial charge in [0.2, 0.25) is 0 Å². The van der Waals surface area contributed by atoms with Crippen molar-refractivity contribution in [1.82, 2.24) is 0 Å². The maximum absolute atomic E-state index is 10.5. The SMILES string of the molecule is CCC(C)C(O)CC(C)CC(O)CC(C)CC(CC(C)(C)CC)ON=[N+]=[N-]. The number of aliphatic hydroxyl groups is 2. The molecular weight excluding hydrogens is 342 g/mol. The van der Waals surface area contributed by atoms with Gasteiger partial charge in [-0.05, 0) is 60.8 Å². The van der Waals surface area contributed by atoms with Crippen molar-refractivity contribution >= 4 is 0 Å². The highest BCUT2D eigenvalue weighted by Gasteiger charge is 2.26. The van der Waals surface area contributed by atoms with Crippen LogP contribution in [0.5, 0.6) is 0 Å². The molecule has 6 nitrogen and oxygen atoms in total. The Morgan fingerprint density at radius 3 is 2.04 bits per heavy atom. The molecule has 6 unspecified atom stereocenters. The standard InChI is InChI=1S/C21H43N3O3/c1-8-17(5)20(26)13-16(4)11-18(25)10-15(3)12-19(27-24-23-22)14-21(6,7)9-2/h15-20,25-26H,8-14H2,1-7H3.